The fourth-order valence-corrected chi connectivity index (χ4v) is 4.99. The summed E-state index contributed by atoms with van der Waals surface area (Å²) in [5, 5.41) is 18.5. The van der Waals surface area contributed by atoms with E-state index >= 15 is 0 Å². The maximum atomic E-state index is 13.8. The molecular formula is C24H22F5N5O2S. The van der Waals surface area contributed by atoms with Gasteiger partial charge in [-0.15, -0.1) is 11.3 Å². The van der Waals surface area contributed by atoms with Gasteiger partial charge < -0.3 is 10.1 Å². The number of allylic oxidation sites excluding steroid dienone is 1. The third-order valence-electron chi connectivity index (χ3n) is 6.05. The van der Waals surface area contributed by atoms with Crippen molar-refractivity contribution in [2.75, 3.05) is 13.1 Å². The zero-order chi connectivity index (χ0) is 26.7. The maximum Gasteiger partial charge on any atom is 0.435 e. The van der Waals surface area contributed by atoms with Crippen LogP contribution in [-0.2, 0) is 17.5 Å². The smallest absolute Gasteiger partial charge is 0.410 e. The van der Waals surface area contributed by atoms with Crippen molar-refractivity contribution >= 4 is 29.0 Å². The summed E-state index contributed by atoms with van der Waals surface area (Å²) in [4.78, 5) is 18.7. The number of likely N-dealkylation sites (tertiary alicyclic amines) is 1. The lowest BCUT2D eigenvalue weighted by Gasteiger charge is -2.31. The molecular weight excluding hydrogens is 517 g/mol. The molecule has 13 heteroatoms. The van der Waals surface area contributed by atoms with Gasteiger partial charge in [-0.2, -0.15) is 18.3 Å². The Bertz CT molecular complexity index is 1320. The van der Waals surface area contributed by atoms with E-state index in [1.165, 1.54) is 36.5 Å². The number of hydrogen-bond donors (Lipinski definition) is 1. The molecule has 4 rings (SSSR count). The molecule has 1 amide bonds. The van der Waals surface area contributed by atoms with Gasteiger partial charge in [-0.25, -0.2) is 13.8 Å². The number of aryl methyl sites for hydroxylation is 1. The van der Waals surface area contributed by atoms with Crippen LogP contribution in [0.25, 0.3) is 6.08 Å². The van der Waals surface area contributed by atoms with Gasteiger partial charge in [0, 0.05) is 35.6 Å². The summed E-state index contributed by atoms with van der Waals surface area (Å²) in [7, 11) is 0. The van der Waals surface area contributed by atoms with E-state index in [0.717, 1.165) is 27.9 Å². The minimum atomic E-state index is -4.58. The van der Waals surface area contributed by atoms with E-state index in [0.29, 0.717) is 31.6 Å². The van der Waals surface area contributed by atoms with Crippen molar-refractivity contribution < 1.29 is 32.0 Å². The first-order valence-electron chi connectivity index (χ1n) is 11.3. The number of thiazole rings is 1. The largest absolute Gasteiger partial charge is 0.435 e. The van der Waals surface area contributed by atoms with Crippen LogP contribution in [0.15, 0.2) is 40.9 Å². The summed E-state index contributed by atoms with van der Waals surface area (Å²) in [5.41, 5.74) is -0.680. The lowest BCUT2D eigenvalue weighted by atomic mass is 9.97. The fourth-order valence-electron chi connectivity index (χ4n) is 4.01. The summed E-state index contributed by atoms with van der Waals surface area (Å²) < 4.78 is 67.4. The van der Waals surface area contributed by atoms with Crippen LogP contribution < -0.4 is 0 Å². The molecule has 0 aliphatic carbocycles. The summed E-state index contributed by atoms with van der Waals surface area (Å²) in [6, 6.07) is 4.39. The zero-order valence-corrected chi connectivity index (χ0v) is 20.4. The van der Waals surface area contributed by atoms with Crippen LogP contribution in [0.5, 0.6) is 0 Å². The molecule has 0 atom stereocenters. The van der Waals surface area contributed by atoms with E-state index in [1.807, 2.05) is 0 Å². The Balaban J connectivity index is 1.36. The van der Waals surface area contributed by atoms with Crippen molar-refractivity contribution in [2.45, 2.75) is 38.4 Å². The number of carbonyl (C=O) groups excluding carboxylic acids is 1. The van der Waals surface area contributed by atoms with Crippen LogP contribution >= 0.6 is 11.3 Å². The monoisotopic (exact) mass is 539 g/mol. The highest BCUT2D eigenvalue weighted by molar-refractivity contribution is 7.10. The summed E-state index contributed by atoms with van der Waals surface area (Å²) in [5.74, 6) is -1.80. The van der Waals surface area contributed by atoms with Crippen molar-refractivity contribution in [1.82, 2.24) is 19.7 Å². The minimum absolute atomic E-state index is 0.0269. The van der Waals surface area contributed by atoms with Gasteiger partial charge >= 0.3 is 6.18 Å². The Hall–Kier alpha value is -3.61. The summed E-state index contributed by atoms with van der Waals surface area (Å²) in [6.45, 7) is 1.99. The van der Waals surface area contributed by atoms with Gasteiger partial charge in [0.25, 0.3) is 0 Å². The van der Waals surface area contributed by atoms with Crippen LogP contribution in [0, 0.1) is 18.6 Å². The van der Waals surface area contributed by atoms with Crippen LogP contribution in [0.3, 0.4) is 0 Å². The Morgan fingerprint density at radius 1 is 1.24 bits per heavy atom. The number of oxime groups is 1. The molecule has 1 fully saturated rings. The lowest BCUT2D eigenvalue weighted by Crippen LogP contribution is -2.40. The third-order valence-corrected chi connectivity index (χ3v) is 7.06. The minimum Gasteiger partial charge on any atom is -0.410 e. The van der Waals surface area contributed by atoms with Crippen molar-refractivity contribution in [1.29, 1.82) is 0 Å². The number of benzene rings is 1. The lowest BCUT2D eigenvalue weighted by molar-refractivity contribution is -0.142. The number of carbonyl (C=O) groups is 1. The average Bonchev–Trinajstić information content (AvgIpc) is 3.48. The standard InChI is InChI=1S/C24H22F5N5O2S/c1-14-11-21(24(27,28)29)31-34(14)12-22(35)33-9-7-15(8-10-33)23-30-20(13-37-23)19(32-36)6-5-16-17(25)3-2-4-18(16)26/h2-6,11,13,15,36H,7-10,12H2,1H3. The zero-order valence-electron chi connectivity index (χ0n) is 19.5. The van der Waals surface area contributed by atoms with E-state index in [9.17, 15) is 32.0 Å². The first-order chi connectivity index (χ1) is 17.6. The van der Waals surface area contributed by atoms with Crippen LogP contribution in [-0.4, -0.2) is 49.6 Å². The fraction of sp³-hybridized carbons (Fsp3) is 0.333. The number of amides is 1. The van der Waals surface area contributed by atoms with Gasteiger partial charge in [0.15, 0.2) is 5.69 Å². The Morgan fingerprint density at radius 3 is 2.51 bits per heavy atom. The second-order valence-corrected chi connectivity index (χ2v) is 9.40. The Morgan fingerprint density at radius 2 is 1.92 bits per heavy atom. The number of hydrogen-bond acceptors (Lipinski definition) is 6. The SMILES string of the molecule is Cc1cc(C(F)(F)F)nn1CC(=O)N1CCC(c2nc(C(C=Cc3c(F)cccc3F)=NO)cs2)CC1. The molecule has 1 aliphatic rings. The summed E-state index contributed by atoms with van der Waals surface area (Å²) >= 11 is 1.34. The number of piperidine rings is 1. The molecule has 1 saturated heterocycles. The number of rotatable bonds is 6. The highest BCUT2D eigenvalue weighted by Gasteiger charge is 2.35. The van der Waals surface area contributed by atoms with Gasteiger partial charge in [0.05, 0.1) is 5.01 Å². The van der Waals surface area contributed by atoms with E-state index < -0.39 is 23.5 Å². The molecule has 1 aromatic carbocycles. The molecule has 3 heterocycles. The second kappa shape index (κ2) is 10.8. The molecule has 0 spiro atoms. The van der Waals surface area contributed by atoms with E-state index in [4.69, 9.17) is 0 Å². The van der Waals surface area contributed by atoms with Gasteiger partial charge in [0.1, 0.15) is 29.6 Å². The molecule has 37 heavy (non-hydrogen) atoms. The van der Waals surface area contributed by atoms with Crippen molar-refractivity contribution in [2.24, 2.45) is 5.16 Å². The Labute approximate surface area is 212 Å². The molecule has 0 unspecified atom stereocenters. The van der Waals surface area contributed by atoms with Crippen molar-refractivity contribution in [3.8, 4) is 0 Å². The highest BCUT2D eigenvalue weighted by Crippen LogP contribution is 2.31. The number of nitrogens with zero attached hydrogens (tertiary/aromatic N) is 5. The van der Waals surface area contributed by atoms with Gasteiger partial charge in [0.2, 0.25) is 5.91 Å². The predicted octanol–water partition coefficient (Wildman–Crippen LogP) is 5.24. The third kappa shape index (κ3) is 6.04. The van der Waals surface area contributed by atoms with Gasteiger partial charge in [-0.1, -0.05) is 11.2 Å². The normalized spacial score (nSPS) is 15.6. The van der Waals surface area contributed by atoms with E-state index in [1.54, 1.807) is 10.3 Å². The highest BCUT2D eigenvalue weighted by atomic mass is 32.1. The average molecular weight is 540 g/mol. The van der Waals surface area contributed by atoms with Crippen LogP contribution in [0.4, 0.5) is 22.0 Å². The molecule has 0 saturated carbocycles. The van der Waals surface area contributed by atoms with Crippen LogP contribution in [0.2, 0.25) is 0 Å². The van der Waals surface area contributed by atoms with Gasteiger partial charge in [-0.3, -0.25) is 9.48 Å². The maximum absolute atomic E-state index is 13.8. The van der Waals surface area contributed by atoms with Gasteiger partial charge in [-0.05, 0) is 50.1 Å². The molecule has 1 aliphatic heterocycles. The quantitative estimate of drug-likeness (QED) is 0.201. The molecule has 0 radical (unpaired) electrons. The second-order valence-electron chi connectivity index (χ2n) is 8.51. The van der Waals surface area contributed by atoms with Crippen molar-refractivity contribution in [3.05, 3.63) is 75.0 Å². The first-order valence-corrected chi connectivity index (χ1v) is 12.1. The topological polar surface area (TPSA) is 83.6 Å². The molecule has 196 valence electrons. The molecule has 7 nitrogen and oxygen atoms in total. The number of alkyl halides is 3. The summed E-state index contributed by atoms with van der Waals surface area (Å²) in [6.07, 6.45) is -0.960. The first kappa shape index (κ1) is 26.5. The number of halogens is 5. The molecule has 1 N–H and O–H groups in total. The van der Waals surface area contributed by atoms with Crippen LogP contribution in [0.1, 0.15) is 46.4 Å². The Kier molecular flexibility index (Phi) is 7.71. The van der Waals surface area contributed by atoms with Crippen molar-refractivity contribution in [3.63, 3.8) is 0 Å². The van der Waals surface area contributed by atoms with E-state index in [-0.39, 0.29) is 35.3 Å². The van der Waals surface area contributed by atoms with E-state index in [2.05, 4.69) is 15.2 Å². The molecule has 0 bridgehead atoms. The molecule has 3 aromatic rings. The predicted molar refractivity (Wildman–Crippen MR) is 126 cm³/mol. The number of aromatic nitrogens is 3. The molecule has 2 aromatic heterocycles.